The zero-order valence-electron chi connectivity index (χ0n) is 10.3. The molecule has 0 bridgehead atoms. The summed E-state index contributed by atoms with van der Waals surface area (Å²) in [6, 6.07) is 8.44. The molecule has 1 aromatic carbocycles. The summed E-state index contributed by atoms with van der Waals surface area (Å²) in [6.45, 7) is 9.78. The van der Waals surface area contributed by atoms with Gasteiger partial charge < -0.3 is 5.32 Å². The number of hydrogen-bond donors (Lipinski definition) is 1. The Hall–Kier alpha value is -0.730. The third kappa shape index (κ3) is 4.42. The molecule has 0 aliphatic rings. The van der Waals surface area contributed by atoms with Gasteiger partial charge in [-0.2, -0.15) is 0 Å². The number of nitrogens with one attached hydrogen (secondary N) is 1. The van der Waals surface area contributed by atoms with Crippen LogP contribution in [0.2, 0.25) is 5.02 Å². The Kier molecular flexibility index (Phi) is 5.64. The van der Waals surface area contributed by atoms with Gasteiger partial charge in [-0.25, -0.2) is 0 Å². The van der Waals surface area contributed by atoms with Crippen LogP contribution in [-0.4, -0.2) is 30.6 Å². The number of rotatable bonds is 6. The molecule has 0 saturated carbocycles. The second-order valence-corrected chi connectivity index (χ2v) is 4.59. The van der Waals surface area contributed by atoms with Crippen LogP contribution in [0, 0.1) is 0 Å². The van der Waals surface area contributed by atoms with E-state index in [1.807, 2.05) is 24.3 Å². The van der Waals surface area contributed by atoms with Crippen LogP contribution in [0.4, 0.5) is 5.69 Å². The first-order valence-electron chi connectivity index (χ1n) is 5.87. The largest absolute Gasteiger partial charge is 0.384 e. The molecule has 0 unspecified atom stereocenters. The Balaban J connectivity index is 2.32. The van der Waals surface area contributed by atoms with E-state index in [-0.39, 0.29) is 0 Å². The van der Waals surface area contributed by atoms with Gasteiger partial charge in [-0.1, -0.05) is 18.5 Å². The fraction of sp³-hybridized carbons (Fsp3) is 0.538. The van der Waals surface area contributed by atoms with Crippen LogP contribution in [0.15, 0.2) is 24.3 Å². The predicted octanol–water partition coefficient (Wildman–Crippen LogP) is 3.48. The molecular formula is C13H21ClN2. The minimum absolute atomic E-state index is 0.608. The molecule has 1 aromatic rings. The van der Waals surface area contributed by atoms with Gasteiger partial charge in [0.1, 0.15) is 0 Å². The first-order valence-corrected chi connectivity index (χ1v) is 6.24. The molecule has 16 heavy (non-hydrogen) atoms. The number of likely N-dealkylation sites (N-methyl/N-ethyl adjacent to an activating group) is 1. The van der Waals surface area contributed by atoms with E-state index in [2.05, 4.69) is 31.0 Å². The summed E-state index contributed by atoms with van der Waals surface area (Å²) in [5.74, 6) is 0. The molecule has 0 atom stereocenters. The van der Waals surface area contributed by atoms with E-state index in [1.54, 1.807) is 0 Å². The Morgan fingerprint density at radius 2 is 1.88 bits per heavy atom. The molecule has 0 aliphatic heterocycles. The second-order valence-electron chi connectivity index (χ2n) is 4.16. The van der Waals surface area contributed by atoms with Gasteiger partial charge in [0.2, 0.25) is 0 Å². The monoisotopic (exact) mass is 240 g/mol. The highest BCUT2D eigenvalue weighted by Crippen LogP contribution is 2.13. The summed E-state index contributed by atoms with van der Waals surface area (Å²) < 4.78 is 0. The smallest absolute Gasteiger partial charge is 0.0407 e. The zero-order chi connectivity index (χ0) is 12.0. The normalized spacial score (nSPS) is 11.1. The number of benzene rings is 1. The van der Waals surface area contributed by atoms with Crippen molar-refractivity contribution >= 4 is 17.3 Å². The maximum atomic E-state index is 5.82. The Bertz CT molecular complexity index is 295. The topological polar surface area (TPSA) is 15.3 Å². The molecule has 0 radical (unpaired) electrons. The Labute approximate surface area is 104 Å². The van der Waals surface area contributed by atoms with E-state index < -0.39 is 0 Å². The van der Waals surface area contributed by atoms with E-state index in [0.717, 1.165) is 30.3 Å². The summed E-state index contributed by atoms with van der Waals surface area (Å²) in [5.41, 5.74) is 1.13. The number of nitrogens with zero attached hydrogens (tertiary/aromatic N) is 1. The quantitative estimate of drug-likeness (QED) is 0.819. The van der Waals surface area contributed by atoms with Gasteiger partial charge in [-0.3, -0.25) is 4.90 Å². The third-order valence-electron chi connectivity index (χ3n) is 2.71. The van der Waals surface area contributed by atoms with Crippen LogP contribution in [0.25, 0.3) is 0 Å². The molecule has 0 fully saturated rings. The van der Waals surface area contributed by atoms with E-state index in [9.17, 15) is 0 Å². The summed E-state index contributed by atoms with van der Waals surface area (Å²) in [6.07, 6.45) is 0. The second kappa shape index (κ2) is 6.77. The van der Waals surface area contributed by atoms with Crippen molar-refractivity contribution < 1.29 is 0 Å². The number of hydrogen-bond acceptors (Lipinski definition) is 2. The molecule has 0 aromatic heterocycles. The van der Waals surface area contributed by atoms with Gasteiger partial charge in [-0.15, -0.1) is 0 Å². The summed E-state index contributed by atoms with van der Waals surface area (Å²) >= 11 is 5.82. The molecule has 2 nitrogen and oxygen atoms in total. The van der Waals surface area contributed by atoms with Gasteiger partial charge in [0.05, 0.1) is 0 Å². The standard InChI is InChI=1S/C13H21ClN2/c1-4-16(11(2)3)10-9-15-13-7-5-12(14)6-8-13/h5-8,11,15H,4,9-10H2,1-3H3. The molecule has 0 amide bonds. The average Bonchev–Trinajstić information content (AvgIpc) is 2.26. The fourth-order valence-electron chi connectivity index (χ4n) is 1.69. The first kappa shape index (κ1) is 13.3. The minimum atomic E-state index is 0.608. The Morgan fingerprint density at radius 1 is 1.25 bits per heavy atom. The lowest BCUT2D eigenvalue weighted by atomic mass is 10.3. The van der Waals surface area contributed by atoms with E-state index in [0.29, 0.717) is 6.04 Å². The predicted molar refractivity (Wildman–Crippen MR) is 72.3 cm³/mol. The fourth-order valence-corrected chi connectivity index (χ4v) is 1.82. The van der Waals surface area contributed by atoms with Gasteiger partial charge >= 0.3 is 0 Å². The molecule has 90 valence electrons. The molecule has 3 heteroatoms. The van der Waals surface area contributed by atoms with Crippen molar-refractivity contribution in [3.05, 3.63) is 29.3 Å². The van der Waals surface area contributed by atoms with Crippen molar-refractivity contribution in [2.75, 3.05) is 25.0 Å². The Morgan fingerprint density at radius 3 is 2.38 bits per heavy atom. The summed E-state index contributed by atoms with van der Waals surface area (Å²) in [5, 5.41) is 4.17. The SMILES string of the molecule is CCN(CCNc1ccc(Cl)cc1)C(C)C. The lowest BCUT2D eigenvalue weighted by Gasteiger charge is -2.24. The third-order valence-corrected chi connectivity index (χ3v) is 2.96. The molecule has 0 heterocycles. The summed E-state index contributed by atoms with van der Waals surface area (Å²) in [4.78, 5) is 2.43. The highest BCUT2D eigenvalue weighted by Gasteiger charge is 2.05. The van der Waals surface area contributed by atoms with Crippen molar-refractivity contribution in [2.45, 2.75) is 26.8 Å². The van der Waals surface area contributed by atoms with Crippen molar-refractivity contribution in [2.24, 2.45) is 0 Å². The molecule has 1 N–H and O–H groups in total. The van der Waals surface area contributed by atoms with Crippen LogP contribution >= 0.6 is 11.6 Å². The van der Waals surface area contributed by atoms with E-state index in [4.69, 9.17) is 11.6 Å². The molecule has 1 rings (SSSR count). The van der Waals surface area contributed by atoms with Crippen molar-refractivity contribution in [3.8, 4) is 0 Å². The van der Waals surface area contributed by atoms with Crippen molar-refractivity contribution in [1.29, 1.82) is 0 Å². The van der Waals surface area contributed by atoms with Crippen LogP contribution in [0.1, 0.15) is 20.8 Å². The maximum absolute atomic E-state index is 5.82. The van der Waals surface area contributed by atoms with Crippen LogP contribution in [0.5, 0.6) is 0 Å². The summed E-state index contributed by atoms with van der Waals surface area (Å²) in [7, 11) is 0. The van der Waals surface area contributed by atoms with Crippen molar-refractivity contribution in [1.82, 2.24) is 4.90 Å². The maximum Gasteiger partial charge on any atom is 0.0407 e. The van der Waals surface area contributed by atoms with E-state index >= 15 is 0 Å². The minimum Gasteiger partial charge on any atom is -0.384 e. The van der Waals surface area contributed by atoms with E-state index in [1.165, 1.54) is 0 Å². The van der Waals surface area contributed by atoms with Gasteiger partial charge in [0.25, 0.3) is 0 Å². The van der Waals surface area contributed by atoms with Crippen LogP contribution in [-0.2, 0) is 0 Å². The highest BCUT2D eigenvalue weighted by molar-refractivity contribution is 6.30. The number of anilines is 1. The lowest BCUT2D eigenvalue weighted by molar-refractivity contribution is 0.243. The first-order chi connectivity index (χ1) is 7.63. The van der Waals surface area contributed by atoms with Gasteiger partial charge in [0.15, 0.2) is 0 Å². The van der Waals surface area contributed by atoms with Gasteiger partial charge in [0, 0.05) is 29.8 Å². The van der Waals surface area contributed by atoms with Crippen LogP contribution in [0.3, 0.4) is 0 Å². The molecule has 0 spiro atoms. The number of halogens is 1. The highest BCUT2D eigenvalue weighted by atomic mass is 35.5. The van der Waals surface area contributed by atoms with Gasteiger partial charge in [-0.05, 0) is 44.7 Å². The van der Waals surface area contributed by atoms with Crippen molar-refractivity contribution in [3.63, 3.8) is 0 Å². The van der Waals surface area contributed by atoms with Crippen LogP contribution < -0.4 is 5.32 Å². The molecule has 0 aliphatic carbocycles. The zero-order valence-corrected chi connectivity index (χ0v) is 11.1. The molecule has 0 saturated heterocycles. The average molecular weight is 241 g/mol. The molecular weight excluding hydrogens is 220 g/mol. The lowest BCUT2D eigenvalue weighted by Crippen LogP contribution is -2.34.